The normalized spacial score (nSPS) is 11.2. The Morgan fingerprint density at radius 1 is 1.20 bits per heavy atom. The minimum absolute atomic E-state index is 0.0607. The molecule has 0 bridgehead atoms. The second kappa shape index (κ2) is 7.85. The molecular formula is C17H18ClN3O4. The molecule has 0 aliphatic carbocycles. The number of carbonyl (C=O) groups excluding carboxylic acids is 2. The van der Waals surface area contributed by atoms with Crippen LogP contribution in [0.5, 0.6) is 0 Å². The molecule has 0 saturated carbocycles. The van der Waals surface area contributed by atoms with Crippen molar-refractivity contribution in [2.24, 2.45) is 0 Å². The molecule has 0 radical (unpaired) electrons. The Morgan fingerprint density at radius 3 is 2.44 bits per heavy atom. The summed E-state index contributed by atoms with van der Waals surface area (Å²) in [7, 11) is 2.45. The monoisotopic (exact) mass is 363 g/mol. The molecule has 2 rings (SSSR count). The highest BCUT2D eigenvalue weighted by Crippen LogP contribution is 2.27. The number of aromatic nitrogens is 2. The Kier molecular flexibility index (Phi) is 5.82. The number of nitrogens with one attached hydrogen (secondary N) is 1. The van der Waals surface area contributed by atoms with Crippen LogP contribution < -0.4 is 5.32 Å². The first-order valence-corrected chi connectivity index (χ1v) is 7.73. The number of ether oxygens (including phenoxy) is 2. The molecule has 0 aliphatic rings. The average molecular weight is 364 g/mol. The van der Waals surface area contributed by atoms with E-state index in [2.05, 4.69) is 15.2 Å². The number of hydrogen-bond acceptors (Lipinski definition) is 6. The molecule has 0 saturated heterocycles. The topological polar surface area (TPSA) is 82.5 Å². The highest BCUT2D eigenvalue weighted by molar-refractivity contribution is 6.31. The molecule has 25 heavy (non-hydrogen) atoms. The van der Waals surface area contributed by atoms with E-state index in [0.717, 1.165) is 11.8 Å². The van der Waals surface area contributed by atoms with Gasteiger partial charge in [-0.1, -0.05) is 23.7 Å². The van der Waals surface area contributed by atoms with E-state index < -0.39 is 11.9 Å². The van der Waals surface area contributed by atoms with Crippen molar-refractivity contribution >= 4 is 29.2 Å². The van der Waals surface area contributed by atoms with E-state index in [-0.39, 0.29) is 5.70 Å². The maximum atomic E-state index is 11.9. The molecule has 0 atom stereocenters. The minimum Gasteiger partial charge on any atom is -0.466 e. The largest absolute Gasteiger partial charge is 0.466 e. The molecule has 0 aliphatic heterocycles. The molecule has 1 heterocycles. The molecule has 7 nitrogen and oxygen atoms in total. The van der Waals surface area contributed by atoms with E-state index in [1.54, 1.807) is 23.7 Å². The Bertz CT molecular complexity index is 842. The maximum Gasteiger partial charge on any atom is 0.354 e. The van der Waals surface area contributed by atoms with Gasteiger partial charge in [0.25, 0.3) is 0 Å². The lowest BCUT2D eigenvalue weighted by molar-refractivity contribution is -0.138. The van der Waals surface area contributed by atoms with Gasteiger partial charge in [-0.25, -0.2) is 14.3 Å². The van der Waals surface area contributed by atoms with Crippen LogP contribution in [-0.2, 0) is 19.1 Å². The summed E-state index contributed by atoms with van der Waals surface area (Å²) in [4.78, 5) is 23.4. The fraction of sp³-hybridized carbons (Fsp3) is 0.235. The first-order chi connectivity index (χ1) is 11.9. The van der Waals surface area contributed by atoms with E-state index in [4.69, 9.17) is 16.3 Å². The van der Waals surface area contributed by atoms with E-state index in [1.807, 2.05) is 19.1 Å². The first-order valence-electron chi connectivity index (χ1n) is 7.35. The van der Waals surface area contributed by atoms with Crippen molar-refractivity contribution in [2.45, 2.75) is 13.8 Å². The third-order valence-corrected chi connectivity index (χ3v) is 4.02. The van der Waals surface area contributed by atoms with Gasteiger partial charge in [0.2, 0.25) is 0 Å². The van der Waals surface area contributed by atoms with Crippen LogP contribution in [0, 0.1) is 13.8 Å². The van der Waals surface area contributed by atoms with Gasteiger partial charge in [-0.15, -0.1) is 0 Å². The van der Waals surface area contributed by atoms with Gasteiger partial charge >= 0.3 is 11.9 Å². The number of methoxy groups -OCH3 is 2. The van der Waals surface area contributed by atoms with Crippen LogP contribution >= 0.6 is 11.6 Å². The molecule has 1 N–H and O–H groups in total. The van der Waals surface area contributed by atoms with Gasteiger partial charge in [0, 0.05) is 0 Å². The van der Waals surface area contributed by atoms with E-state index in [9.17, 15) is 9.59 Å². The minimum atomic E-state index is -0.702. The molecule has 0 fully saturated rings. The predicted octanol–water partition coefficient (Wildman–Crippen LogP) is 2.78. The summed E-state index contributed by atoms with van der Waals surface area (Å²) in [5.41, 5.74) is 2.59. The molecule has 0 amide bonds. The fourth-order valence-corrected chi connectivity index (χ4v) is 2.32. The zero-order valence-corrected chi connectivity index (χ0v) is 15.0. The number of para-hydroxylation sites is 2. The summed E-state index contributed by atoms with van der Waals surface area (Å²) in [6.07, 6.45) is 1.02. The van der Waals surface area contributed by atoms with Crippen molar-refractivity contribution in [3.05, 3.63) is 52.4 Å². The van der Waals surface area contributed by atoms with Crippen LogP contribution in [-0.4, -0.2) is 35.9 Å². The fourth-order valence-electron chi connectivity index (χ4n) is 2.20. The molecule has 8 heteroatoms. The number of halogens is 1. The summed E-state index contributed by atoms with van der Waals surface area (Å²) in [6, 6.07) is 7.16. The van der Waals surface area contributed by atoms with Gasteiger partial charge in [0.05, 0.1) is 48.1 Å². The Morgan fingerprint density at radius 2 is 1.88 bits per heavy atom. The Labute approximate surface area is 150 Å². The summed E-state index contributed by atoms with van der Waals surface area (Å²) < 4.78 is 10.9. The van der Waals surface area contributed by atoms with E-state index >= 15 is 0 Å². The maximum absolute atomic E-state index is 11.9. The number of nitrogens with zero attached hydrogens (tertiary/aromatic N) is 2. The van der Waals surface area contributed by atoms with Gasteiger partial charge in [-0.05, 0) is 26.0 Å². The van der Waals surface area contributed by atoms with Crippen molar-refractivity contribution < 1.29 is 19.1 Å². The molecule has 1 aromatic carbocycles. The molecule has 2 aromatic rings. The highest BCUT2D eigenvalue weighted by Gasteiger charge is 2.17. The highest BCUT2D eigenvalue weighted by atomic mass is 35.5. The van der Waals surface area contributed by atoms with Crippen LogP contribution in [0.2, 0.25) is 5.02 Å². The summed E-state index contributed by atoms with van der Waals surface area (Å²) >= 11 is 6.22. The van der Waals surface area contributed by atoms with Crippen LogP contribution in [0.3, 0.4) is 0 Å². The van der Waals surface area contributed by atoms with Gasteiger partial charge in [0.15, 0.2) is 0 Å². The second-order valence-electron chi connectivity index (χ2n) is 5.11. The van der Waals surface area contributed by atoms with Gasteiger partial charge in [-0.3, -0.25) is 0 Å². The Balaban J connectivity index is 2.49. The lowest BCUT2D eigenvalue weighted by Gasteiger charge is -2.14. The third kappa shape index (κ3) is 4.00. The summed E-state index contributed by atoms with van der Waals surface area (Å²) in [6.45, 7) is 3.64. The summed E-state index contributed by atoms with van der Waals surface area (Å²) in [5, 5.41) is 7.87. The van der Waals surface area contributed by atoms with Crippen LogP contribution in [0.25, 0.3) is 5.69 Å². The molecule has 0 unspecified atom stereocenters. The lowest BCUT2D eigenvalue weighted by atomic mass is 10.2. The van der Waals surface area contributed by atoms with Gasteiger partial charge < -0.3 is 14.8 Å². The molecule has 1 aromatic heterocycles. The number of aryl methyl sites for hydroxylation is 1. The molecule has 0 spiro atoms. The number of benzene rings is 1. The lowest BCUT2D eigenvalue weighted by Crippen LogP contribution is -2.16. The van der Waals surface area contributed by atoms with Crippen molar-refractivity contribution in [3.63, 3.8) is 0 Å². The number of rotatable bonds is 5. The van der Waals surface area contributed by atoms with E-state index in [1.165, 1.54) is 14.2 Å². The smallest absolute Gasteiger partial charge is 0.354 e. The molecular weight excluding hydrogens is 346 g/mol. The number of carbonyl (C=O) groups is 2. The third-order valence-electron chi connectivity index (χ3n) is 3.47. The van der Waals surface area contributed by atoms with Crippen LogP contribution in [0.1, 0.15) is 11.4 Å². The number of esters is 2. The zero-order valence-electron chi connectivity index (χ0n) is 14.3. The van der Waals surface area contributed by atoms with Crippen molar-refractivity contribution in [1.82, 2.24) is 9.78 Å². The zero-order chi connectivity index (χ0) is 18.6. The van der Waals surface area contributed by atoms with Crippen LogP contribution in [0.15, 0.2) is 36.0 Å². The van der Waals surface area contributed by atoms with Crippen molar-refractivity contribution in [1.29, 1.82) is 0 Å². The van der Waals surface area contributed by atoms with Crippen molar-refractivity contribution in [2.75, 3.05) is 19.5 Å². The standard InChI is InChI=1S/C17H18ClN3O4/c1-10-16(18)11(2)21(20-10)14-8-6-5-7-12(14)19-13(17(23)25-4)9-15(22)24-3/h5-9,19H,1-4H3/b13-9+. The predicted molar refractivity (Wildman–Crippen MR) is 93.8 cm³/mol. The average Bonchev–Trinajstić information content (AvgIpc) is 2.88. The van der Waals surface area contributed by atoms with Gasteiger partial charge in [-0.2, -0.15) is 5.10 Å². The quantitative estimate of drug-likeness (QED) is 0.649. The molecule has 132 valence electrons. The van der Waals surface area contributed by atoms with Crippen molar-refractivity contribution in [3.8, 4) is 5.69 Å². The second-order valence-corrected chi connectivity index (χ2v) is 5.49. The first kappa shape index (κ1) is 18.5. The SMILES string of the molecule is COC(=O)/C=C(/Nc1ccccc1-n1nc(C)c(Cl)c1C)C(=O)OC. The Hall–Kier alpha value is -2.80. The van der Waals surface area contributed by atoms with Crippen LogP contribution in [0.4, 0.5) is 5.69 Å². The van der Waals surface area contributed by atoms with Gasteiger partial charge in [0.1, 0.15) is 5.70 Å². The number of anilines is 1. The van der Waals surface area contributed by atoms with E-state index in [0.29, 0.717) is 22.1 Å². The number of hydrogen-bond donors (Lipinski definition) is 1. The summed E-state index contributed by atoms with van der Waals surface area (Å²) in [5.74, 6) is -1.38.